The Bertz CT molecular complexity index is 469. The van der Waals surface area contributed by atoms with E-state index in [9.17, 15) is 4.79 Å². The van der Waals surface area contributed by atoms with Crippen LogP contribution in [0.4, 0.5) is 4.79 Å². The fraction of sp³-hybridized carbons (Fsp3) is 0.611. The van der Waals surface area contributed by atoms with Crippen LogP contribution in [0.1, 0.15) is 24.9 Å². The van der Waals surface area contributed by atoms with Crippen LogP contribution in [0.15, 0.2) is 30.3 Å². The fourth-order valence-electron chi connectivity index (χ4n) is 2.89. The smallest absolute Gasteiger partial charge is 0.317 e. The van der Waals surface area contributed by atoms with Gasteiger partial charge in [0.1, 0.15) is 0 Å². The molecule has 23 heavy (non-hydrogen) atoms. The molecule has 0 spiro atoms. The van der Waals surface area contributed by atoms with Gasteiger partial charge in [0.05, 0.1) is 6.04 Å². The van der Waals surface area contributed by atoms with Crippen LogP contribution >= 0.6 is 0 Å². The maximum atomic E-state index is 12.4. The minimum absolute atomic E-state index is 0.0434. The van der Waals surface area contributed by atoms with E-state index in [0.29, 0.717) is 0 Å². The summed E-state index contributed by atoms with van der Waals surface area (Å²) in [7, 11) is 4.21. The molecule has 0 bridgehead atoms. The van der Waals surface area contributed by atoms with Crippen LogP contribution in [0.2, 0.25) is 0 Å². The Balaban J connectivity index is 1.71. The number of nitrogens with zero attached hydrogens (tertiary/aromatic N) is 3. The summed E-state index contributed by atoms with van der Waals surface area (Å²) in [5, 5.41) is 3.10. The highest BCUT2D eigenvalue weighted by Crippen LogP contribution is 2.12. The number of nitrogens with one attached hydrogen (secondary N) is 1. The third kappa shape index (κ3) is 5.84. The standard InChI is InChI=1S/C18H30N4O/c1-16(17-8-5-4-6-9-17)19-18(23)22-14-12-21(13-15-22)11-7-10-20(2)3/h4-6,8-9,16H,7,10-15H2,1-3H3,(H,19,23). The summed E-state index contributed by atoms with van der Waals surface area (Å²) in [4.78, 5) is 19.0. The van der Waals surface area contributed by atoms with Crippen molar-refractivity contribution in [3.05, 3.63) is 35.9 Å². The Morgan fingerprint density at radius 2 is 1.83 bits per heavy atom. The lowest BCUT2D eigenvalue weighted by Gasteiger charge is -2.35. The van der Waals surface area contributed by atoms with E-state index in [2.05, 4.69) is 29.2 Å². The summed E-state index contributed by atoms with van der Waals surface area (Å²) in [5.41, 5.74) is 1.14. The van der Waals surface area contributed by atoms with E-state index >= 15 is 0 Å². The number of hydrogen-bond acceptors (Lipinski definition) is 3. The molecule has 1 fully saturated rings. The van der Waals surface area contributed by atoms with E-state index < -0.39 is 0 Å². The average molecular weight is 318 g/mol. The monoisotopic (exact) mass is 318 g/mol. The van der Waals surface area contributed by atoms with Crippen LogP contribution in [0.3, 0.4) is 0 Å². The van der Waals surface area contributed by atoms with Crippen molar-refractivity contribution in [3.8, 4) is 0 Å². The third-order valence-electron chi connectivity index (χ3n) is 4.38. The summed E-state index contributed by atoms with van der Waals surface area (Å²) in [6.45, 7) is 7.85. The highest BCUT2D eigenvalue weighted by molar-refractivity contribution is 5.74. The van der Waals surface area contributed by atoms with Gasteiger partial charge in [-0.1, -0.05) is 30.3 Å². The lowest BCUT2D eigenvalue weighted by atomic mass is 10.1. The molecule has 1 N–H and O–H groups in total. The number of hydrogen-bond donors (Lipinski definition) is 1. The van der Waals surface area contributed by atoms with E-state index in [1.54, 1.807) is 0 Å². The molecule has 0 aliphatic carbocycles. The van der Waals surface area contributed by atoms with E-state index in [1.807, 2.05) is 42.2 Å². The molecule has 1 heterocycles. The first-order valence-electron chi connectivity index (χ1n) is 8.53. The van der Waals surface area contributed by atoms with Crippen LogP contribution in [0, 0.1) is 0 Å². The minimum Gasteiger partial charge on any atom is -0.331 e. The first kappa shape index (κ1) is 17.8. The molecule has 0 aromatic heterocycles. The SMILES string of the molecule is CC(NC(=O)N1CCN(CCCN(C)C)CC1)c1ccccc1. The maximum Gasteiger partial charge on any atom is 0.317 e. The number of benzene rings is 1. The Morgan fingerprint density at radius 1 is 1.17 bits per heavy atom. The Labute approximate surface area is 140 Å². The van der Waals surface area contributed by atoms with Crippen molar-refractivity contribution in [1.29, 1.82) is 0 Å². The summed E-state index contributed by atoms with van der Waals surface area (Å²) in [5.74, 6) is 0. The zero-order chi connectivity index (χ0) is 16.7. The summed E-state index contributed by atoms with van der Waals surface area (Å²) >= 11 is 0. The molecule has 2 amide bonds. The van der Waals surface area contributed by atoms with E-state index in [4.69, 9.17) is 0 Å². The normalized spacial score (nSPS) is 17.3. The fourth-order valence-corrected chi connectivity index (χ4v) is 2.89. The summed E-state index contributed by atoms with van der Waals surface area (Å²) in [6, 6.07) is 10.2. The quantitative estimate of drug-likeness (QED) is 0.872. The van der Waals surface area contributed by atoms with Crippen LogP contribution in [-0.4, -0.2) is 74.1 Å². The van der Waals surface area contributed by atoms with Crippen LogP contribution in [0.5, 0.6) is 0 Å². The predicted octanol–water partition coefficient (Wildman–Crippen LogP) is 2.03. The first-order chi connectivity index (χ1) is 11.1. The number of carbonyl (C=O) groups is 1. The lowest BCUT2D eigenvalue weighted by molar-refractivity contribution is 0.135. The molecular weight excluding hydrogens is 288 g/mol. The van der Waals surface area contributed by atoms with Gasteiger partial charge in [0.15, 0.2) is 0 Å². The molecular formula is C18H30N4O. The molecule has 5 heteroatoms. The van der Waals surface area contributed by atoms with E-state index in [-0.39, 0.29) is 12.1 Å². The molecule has 5 nitrogen and oxygen atoms in total. The second-order valence-corrected chi connectivity index (χ2v) is 6.57. The van der Waals surface area contributed by atoms with Crippen molar-refractivity contribution >= 4 is 6.03 Å². The van der Waals surface area contributed by atoms with Crippen LogP contribution in [0.25, 0.3) is 0 Å². The van der Waals surface area contributed by atoms with E-state index in [1.165, 1.54) is 6.42 Å². The average Bonchev–Trinajstić information content (AvgIpc) is 2.56. The molecule has 1 aliphatic rings. The third-order valence-corrected chi connectivity index (χ3v) is 4.38. The van der Waals surface area contributed by atoms with Gasteiger partial charge >= 0.3 is 6.03 Å². The largest absolute Gasteiger partial charge is 0.331 e. The van der Waals surface area contributed by atoms with E-state index in [0.717, 1.165) is 44.8 Å². The topological polar surface area (TPSA) is 38.8 Å². The van der Waals surface area contributed by atoms with Crippen molar-refractivity contribution < 1.29 is 4.79 Å². The van der Waals surface area contributed by atoms with Gasteiger partial charge in [0.2, 0.25) is 0 Å². The van der Waals surface area contributed by atoms with Crippen molar-refractivity contribution in [2.45, 2.75) is 19.4 Å². The molecule has 1 unspecified atom stereocenters. The van der Waals surface area contributed by atoms with Gasteiger partial charge in [0.25, 0.3) is 0 Å². The number of piperazine rings is 1. The van der Waals surface area contributed by atoms with Gasteiger partial charge in [-0.25, -0.2) is 4.79 Å². The van der Waals surface area contributed by atoms with Gasteiger partial charge in [0, 0.05) is 26.2 Å². The highest BCUT2D eigenvalue weighted by atomic mass is 16.2. The molecule has 0 radical (unpaired) electrons. The summed E-state index contributed by atoms with van der Waals surface area (Å²) in [6.07, 6.45) is 1.18. The summed E-state index contributed by atoms with van der Waals surface area (Å²) < 4.78 is 0. The van der Waals surface area contributed by atoms with Gasteiger partial charge in [-0.3, -0.25) is 4.90 Å². The number of amides is 2. The zero-order valence-corrected chi connectivity index (χ0v) is 14.7. The second kappa shape index (κ2) is 8.89. The van der Waals surface area contributed by atoms with Crippen molar-refractivity contribution in [2.75, 3.05) is 53.4 Å². The second-order valence-electron chi connectivity index (χ2n) is 6.57. The Hall–Kier alpha value is -1.59. The van der Waals surface area contributed by atoms with Crippen LogP contribution in [-0.2, 0) is 0 Å². The van der Waals surface area contributed by atoms with Gasteiger partial charge in [-0.05, 0) is 46.1 Å². The minimum atomic E-state index is 0.0434. The van der Waals surface area contributed by atoms with Gasteiger partial charge in [-0.2, -0.15) is 0 Å². The van der Waals surface area contributed by atoms with Crippen molar-refractivity contribution in [2.24, 2.45) is 0 Å². The van der Waals surface area contributed by atoms with Crippen LogP contribution < -0.4 is 5.32 Å². The highest BCUT2D eigenvalue weighted by Gasteiger charge is 2.21. The number of carbonyl (C=O) groups excluding carboxylic acids is 1. The number of rotatable bonds is 6. The van der Waals surface area contributed by atoms with Crippen molar-refractivity contribution in [1.82, 2.24) is 20.0 Å². The van der Waals surface area contributed by atoms with Crippen molar-refractivity contribution in [3.63, 3.8) is 0 Å². The zero-order valence-electron chi connectivity index (χ0n) is 14.7. The molecule has 1 aliphatic heterocycles. The molecule has 0 saturated carbocycles. The first-order valence-corrected chi connectivity index (χ1v) is 8.53. The molecule has 128 valence electrons. The molecule has 1 aromatic carbocycles. The molecule has 2 rings (SSSR count). The maximum absolute atomic E-state index is 12.4. The predicted molar refractivity (Wildman–Crippen MR) is 94.6 cm³/mol. The Morgan fingerprint density at radius 3 is 2.43 bits per heavy atom. The Kier molecular flexibility index (Phi) is 6.86. The molecule has 1 aromatic rings. The molecule has 1 saturated heterocycles. The van der Waals surface area contributed by atoms with Gasteiger partial charge in [-0.15, -0.1) is 0 Å². The molecule has 1 atom stereocenters. The van der Waals surface area contributed by atoms with Gasteiger partial charge < -0.3 is 15.1 Å². The lowest BCUT2D eigenvalue weighted by Crippen LogP contribution is -2.52. The number of urea groups is 1.